The van der Waals surface area contributed by atoms with E-state index in [0.29, 0.717) is 5.92 Å². The van der Waals surface area contributed by atoms with Crippen LogP contribution in [-0.4, -0.2) is 38.0 Å². The second-order valence-electron chi connectivity index (χ2n) is 3.91. The average molecular weight is 213 g/mol. The molecule has 0 spiro atoms. The Labute approximate surface area is 90.0 Å². The van der Waals surface area contributed by atoms with Crippen LogP contribution in [0.2, 0.25) is 0 Å². The summed E-state index contributed by atoms with van der Waals surface area (Å²) in [5.41, 5.74) is 0. The average Bonchev–Trinajstić information content (AvgIpc) is 2.25. The van der Waals surface area contributed by atoms with Gasteiger partial charge in [-0.25, -0.2) is 0 Å². The van der Waals surface area contributed by atoms with Crippen LogP contribution in [0.4, 0.5) is 0 Å². The molecule has 86 valence electrons. The number of hydrogen-bond acceptors (Lipinski definition) is 3. The Balaban J connectivity index is 2.07. The van der Waals surface area contributed by atoms with E-state index in [2.05, 4.69) is 16.0 Å². The van der Waals surface area contributed by atoms with Gasteiger partial charge in [0.05, 0.1) is 6.54 Å². The molecule has 2 amide bonds. The molecule has 0 bridgehead atoms. The van der Waals surface area contributed by atoms with E-state index in [1.165, 1.54) is 6.92 Å². The minimum Gasteiger partial charge on any atom is -0.354 e. The molecule has 15 heavy (non-hydrogen) atoms. The molecule has 0 radical (unpaired) electrons. The summed E-state index contributed by atoms with van der Waals surface area (Å²) in [5, 5.41) is 8.57. The molecule has 0 unspecified atom stereocenters. The maximum Gasteiger partial charge on any atom is 0.239 e. The van der Waals surface area contributed by atoms with Gasteiger partial charge >= 0.3 is 0 Å². The van der Waals surface area contributed by atoms with Crippen molar-refractivity contribution in [3.63, 3.8) is 0 Å². The van der Waals surface area contributed by atoms with E-state index in [9.17, 15) is 9.59 Å². The fourth-order valence-corrected chi connectivity index (χ4v) is 1.61. The zero-order valence-electron chi connectivity index (χ0n) is 9.14. The molecular weight excluding hydrogens is 194 g/mol. The Kier molecular flexibility index (Phi) is 5.10. The van der Waals surface area contributed by atoms with Gasteiger partial charge in [-0.05, 0) is 31.8 Å². The quantitative estimate of drug-likeness (QED) is 0.575. The Hall–Kier alpha value is -1.10. The zero-order chi connectivity index (χ0) is 11.1. The van der Waals surface area contributed by atoms with E-state index < -0.39 is 0 Å². The molecule has 1 rings (SSSR count). The molecule has 5 nitrogen and oxygen atoms in total. The summed E-state index contributed by atoms with van der Waals surface area (Å²) in [5.74, 6) is 0.295. The van der Waals surface area contributed by atoms with Crippen LogP contribution < -0.4 is 16.0 Å². The first-order chi connectivity index (χ1) is 7.18. The highest BCUT2D eigenvalue weighted by Gasteiger charge is 2.13. The molecule has 1 heterocycles. The fourth-order valence-electron chi connectivity index (χ4n) is 1.61. The minimum atomic E-state index is -0.174. The SMILES string of the molecule is CC(=O)NCC(=O)NCC1CCNCC1. The normalized spacial score (nSPS) is 17.1. The van der Waals surface area contributed by atoms with Crippen molar-refractivity contribution in [3.8, 4) is 0 Å². The molecule has 3 N–H and O–H groups in total. The van der Waals surface area contributed by atoms with Gasteiger partial charge in [0.1, 0.15) is 0 Å². The van der Waals surface area contributed by atoms with Crippen molar-refractivity contribution in [2.24, 2.45) is 5.92 Å². The summed E-state index contributed by atoms with van der Waals surface area (Å²) in [6, 6.07) is 0. The Morgan fingerprint density at radius 1 is 1.27 bits per heavy atom. The number of nitrogens with one attached hydrogen (secondary N) is 3. The maximum atomic E-state index is 11.2. The molecule has 0 aromatic rings. The summed E-state index contributed by atoms with van der Waals surface area (Å²) in [7, 11) is 0. The molecule has 1 aliphatic heterocycles. The van der Waals surface area contributed by atoms with Crippen LogP contribution in [0.3, 0.4) is 0 Å². The molecule has 1 saturated heterocycles. The third kappa shape index (κ3) is 5.37. The number of carbonyl (C=O) groups excluding carboxylic acids is 2. The Morgan fingerprint density at radius 3 is 2.53 bits per heavy atom. The van der Waals surface area contributed by atoms with Gasteiger partial charge in [-0.15, -0.1) is 0 Å². The summed E-state index contributed by atoms with van der Waals surface area (Å²) in [6.45, 7) is 4.28. The lowest BCUT2D eigenvalue weighted by molar-refractivity contribution is -0.125. The second-order valence-corrected chi connectivity index (χ2v) is 3.91. The van der Waals surface area contributed by atoms with Gasteiger partial charge in [0.15, 0.2) is 0 Å². The number of amides is 2. The van der Waals surface area contributed by atoms with Gasteiger partial charge in [-0.3, -0.25) is 9.59 Å². The minimum absolute atomic E-state index is 0.0836. The monoisotopic (exact) mass is 213 g/mol. The maximum absolute atomic E-state index is 11.2. The number of hydrogen-bond donors (Lipinski definition) is 3. The number of piperidine rings is 1. The predicted octanol–water partition coefficient (Wildman–Crippen LogP) is -0.762. The third-order valence-electron chi connectivity index (χ3n) is 2.54. The van der Waals surface area contributed by atoms with E-state index in [4.69, 9.17) is 0 Å². The smallest absolute Gasteiger partial charge is 0.239 e. The second kappa shape index (κ2) is 6.40. The predicted molar refractivity (Wildman–Crippen MR) is 57.3 cm³/mol. The van der Waals surface area contributed by atoms with Crippen molar-refractivity contribution in [2.45, 2.75) is 19.8 Å². The highest BCUT2D eigenvalue weighted by Crippen LogP contribution is 2.09. The van der Waals surface area contributed by atoms with E-state index >= 15 is 0 Å². The van der Waals surface area contributed by atoms with Crippen LogP contribution in [0.1, 0.15) is 19.8 Å². The fraction of sp³-hybridized carbons (Fsp3) is 0.800. The lowest BCUT2D eigenvalue weighted by atomic mass is 9.98. The van der Waals surface area contributed by atoms with E-state index in [1.54, 1.807) is 0 Å². The van der Waals surface area contributed by atoms with Crippen molar-refractivity contribution in [3.05, 3.63) is 0 Å². The molecule has 1 aliphatic rings. The van der Waals surface area contributed by atoms with Gasteiger partial charge in [-0.2, -0.15) is 0 Å². The van der Waals surface area contributed by atoms with Crippen LogP contribution in [-0.2, 0) is 9.59 Å². The summed E-state index contributed by atoms with van der Waals surface area (Å²) in [4.78, 5) is 21.8. The zero-order valence-corrected chi connectivity index (χ0v) is 9.14. The van der Waals surface area contributed by atoms with E-state index in [0.717, 1.165) is 32.5 Å². The van der Waals surface area contributed by atoms with Crippen molar-refractivity contribution >= 4 is 11.8 Å². The van der Waals surface area contributed by atoms with E-state index in [1.807, 2.05) is 0 Å². The van der Waals surface area contributed by atoms with Crippen LogP contribution in [0.5, 0.6) is 0 Å². The molecule has 0 aromatic carbocycles. The summed E-state index contributed by atoms with van der Waals surface area (Å²) < 4.78 is 0. The molecule has 0 atom stereocenters. The van der Waals surface area contributed by atoms with Gasteiger partial charge in [-0.1, -0.05) is 0 Å². The largest absolute Gasteiger partial charge is 0.354 e. The van der Waals surface area contributed by atoms with Crippen molar-refractivity contribution in [2.75, 3.05) is 26.2 Å². The number of rotatable bonds is 4. The van der Waals surface area contributed by atoms with Gasteiger partial charge in [0.2, 0.25) is 11.8 Å². The number of carbonyl (C=O) groups is 2. The topological polar surface area (TPSA) is 70.2 Å². The van der Waals surface area contributed by atoms with Gasteiger partial charge < -0.3 is 16.0 Å². The summed E-state index contributed by atoms with van der Waals surface area (Å²) >= 11 is 0. The first kappa shape index (κ1) is 12.0. The molecule has 1 fully saturated rings. The first-order valence-corrected chi connectivity index (χ1v) is 5.40. The lowest BCUT2D eigenvalue weighted by Gasteiger charge is -2.22. The molecule has 0 aromatic heterocycles. The van der Waals surface area contributed by atoms with Crippen molar-refractivity contribution < 1.29 is 9.59 Å². The Morgan fingerprint density at radius 2 is 1.93 bits per heavy atom. The summed E-state index contributed by atoms with van der Waals surface area (Å²) in [6.07, 6.45) is 2.22. The Bertz CT molecular complexity index is 225. The molecule has 5 heteroatoms. The third-order valence-corrected chi connectivity index (χ3v) is 2.54. The van der Waals surface area contributed by atoms with Crippen LogP contribution in [0, 0.1) is 5.92 Å². The van der Waals surface area contributed by atoms with Crippen LogP contribution in [0.15, 0.2) is 0 Å². The highest BCUT2D eigenvalue weighted by atomic mass is 16.2. The van der Waals surface area contributed by atoms with Crippen molar-refractivity contribution in [1.82, 2.24) is 16.0 Å². The molecule has 0 aliphatic carbocycles. The van der Waals surface area contributed by atoms with Gasteiger partial charge in [0, 0.05) is 13.5 Å². The van der Waals surface area contributed by atoms with E-state index in [-0.39, 0.29) is 18.4 Å². The van der Waals surface area contributed by atoms with Crippen LogP contribution >= 0.6 is 0 Å². The molecule has 0 saturated carbocycles. The van der Waals surface area contributed by atoms with Crippen LogP contribution in [0.25, 0.3) is 0 Å². The standard InChI is InChI=1S/C10H19N3O2/c1-8(14)12-7-10(15)13-6-9-2-4-11-5-3-9/h9,11H,2-7H2,1H3,(H,12,14)(H,13,15). The first-order valence-electron chi connectivity index (χ1n) is 5.40. The van der Waals surface area contributed by atoms with Gasteiger partial charge in [0.25, 0.3) is 0 Å². The highest BCUT2D eigenvalue weighted by molar-refractivity contribution is 5.83. The van der Waals surface area contributed by atoms with Crippen molar-refractivity contribution in [1.29, 1.82) is 0 Å². The molecular formula is C10H19N3O2. The lowest BCUT2D eigenvalue weighted by Crippen LogP contribution is -2.40.